The minimum atomic E-state index is 0.344. The predicted molar refractivity (Wildman–Crippen MR) is 82.1 cm³/mol. The fraction of sp³-hybridized carbons (Fsp3) is 0.625. The van der Waals surface area contributed by atoms with E-state index < -0.39 is 0 Å². The Labute approximate surface area is 130 Å². The Morgan fingerprint density at radius 1 is 1.27 bits per heavy atom. The van der Waals surface area contributed by atoms with E-state index in [-0.39, 0.29) is 0 Å². The first-order chi connectivity index (χ1) is 10.8. The second kappa shape index (κ2) is 5.85. The van der Waals surface area contributed by atoms with Gasteiger partial charge in [0, 0.05) is 56.9 Å². The largest absolute Gasteiger partial charge is 0.375 e. The van der Waals surface area contributed by atoms with E-state index in [1.807, 2.05) is 31.1 Å². The third-order valence-electron chi connectivity index (χ3n) is 5.10. The molecule has 6 nitrogen and oxygen atoms in total. The lowest BCUT2D eigenvalue weighted by Gasteiger charge is -2.39. The lowest BCUT2D eigenvalue weighted by molar-refractivity contribution is -0.0794. The maximum absolute atomic E-state index is 6.14. The molecule has 0 amide bonds. The molecule has 0 bridgehead atoms. The number of nitrogens with zero attached hydrogens (tertiary/aromatic N) is 5. The van der Waals surface area contributed by atoms with Crippen LogP contribution in [0.4, 0.5) is 0 Å². The molecule has 2 aliphatic rings. The lowest BCUT2D eigenvalue weighted by atomic mass is 10.0. The van der Waals surface area contributed by atoms with Gasteiger partial charge in [0.1, 0.15) is 5.82 Å². The van der Waals surface area contributed by atoms with Gasteiger partial charge in [0.2, 0.25) is 0 Å². The van der Waals surface area contributed by atoms with Crippen LogP contribution < -0.4 is 0 Å². The fourth-order valence-corrected chi connectivity index (χ4v) is 3.92. The fourth-order valence-electron chi connectivity index (χ4n) is 3.92. The van der Waals surface area contributed by atoms with Gasteiger partial charge in [-0.25, -0.2) is 9.97 Å². The van der Waals surface area contributed by atoms with Crippen LogP contribution in [0.5, 0.6) is 0 Å². The minimum Gasteiger partial charge on any atom is -0.375 e. The average molecular weight is 301 g/mol. The lowest BCUT2D eigenvalue weighted by Crippen LogP contribution is -2.50. The van der Waals surface area contributed by atoms with Gasteiger partial charge >= 0.3 is 0 Å². The monoisotopic (exact) mass is 301 g/mol. The van der Waals surface area contributed by atoms with E-state index in [2.05, 4.69) is 31.0 Å². The van der Waals surface area contributed by atoms with Crippen LogP contribution in [0.25, 0.3) is 0 Å². The Morgan fingerprint density at radius 2 is 2.23 bits per heavy atom. The van der Waals surface area contributed by atoms with Crippen LogP contribution in [-0.4, -0.2) is 49.3 Å². The molecule has 4 rings (SSSR count). The van der Waals surface area contributed by atoms with Gasteiger partial charge in [0.05, 0.1) is 25.6 Å². The van der Waals surface area contributed by atoms with Crippen molar-refractivity contribution in [3.63, 3.8) is 0 Å². The summed E-state index contributed by atoms with van der Waals surface area (Å²) < 4.78 is 10.4. The van der Waals surface area contributed by atoms with E-state index in [1.165, 1.54) is 12.8 Å². The molecule has 0 radical (unpaired) electrons. The highest BCUT2D eigenvalue weighted by molar-refractivity contribution is 4.98. The molecule has 0 aromatic carbocycles. The zero-order valence-corrected chi connectivity index (χ0v) is 13.0. The summed E-state index contributed by atoms with van der Waals surface area (Å²) in [6, 6.07) is 0.527. The standard InChI is InChI=1S/C16H23N5O/c1-19-6-5-18-15(19)11-21-8-9-22-16-13(2-3-14(16)21)10-20-7-4-17-12-20/h4-7,12-14,16H,2-3,8-11H2,1H3/t13-,14+,16+/m0/s1. The molecule has 2 aromatic rings. The van der Waals surface area contributed by atoms with Gasteiger partial charge in [-0.15, -0.1) is 0 Å². The summed E-state index contributed by atoms with van der Waals surface area (Å²) in [5.74, 6) is 1.72. The van der Waals surface area contributed by atoms with Crippen LogP contribution >= 0.6 is 0 Å². The number of hydrogen-bond acceptors (Lipinski definition) is 4. The first kappa shape index (κ1) is 14.0. The molecule has 22 heavy (non-hydrogen) atoms. The Hall–Kier alpha value is -1.66. The first-order valence-electron chi connectivity index (χ1n) is 8.09. The van der Waals surface area contributed by atoms with Crippen LogP contribution in [0.3, 0.4) is 0 Å². The number of aromatic nitrogens is 4. The van der Waals surface area contributed by atoms with Crippen LogP contribution in [0.1, 0.15) is 18.7 Å². The maximum atomic E-state index is 6.14. The van der Waals surface area contributed by atoms with Crippen molar-refractivity contribution in [2.24, 2.45) is 13.0 Å². The maximum Gasteiger partial charge on any atom is 0.122 e. The highest BCUT2D eigenvalue weighted by Gasteiger charge is 2.42. The zero-order chi connectivity index (χ0) is 14.9. The molecule has 1 saturated heterocycles. The molecule has 6 heteroatoms. The van der Waals surface area contributed by atoms with Crippen molar-refractivity contribution in [1.82, 2.24) is 24.0 Å². The molecule has 0 spiro atoms. The first-order valence-corrected chi connectivity index (χ1v) is 8.09. The Bertz CT molecular complexity index is 608. The summed E-state index contributed by atoms with van der Waals surface area (Å²) in [6.07, 6.45) is 12.5. The van der Waals surface area contributed by atoms with Crippen molar-refractivity contribution in [1.29, 1.82) is 0 Å². The highest BCUT2D eigenvalue weighted by Crippen LogP contribution is 2.36. The van der Waals surface area contributed by atoms with Crippen molar-refractivity contribution in [3.05, 3.63) is 36.9 Å². The number of hydrogen-bond donors (Lipinski definition) is 0. The van der Waals surface area contributed by atoms with Crippen molar-refractivity contribution < 1.29 is 4.74 Å². The number of ether oxygens (including phenoxy) is 1. The van der Waals surface area contributed by atoms with E-state index in [0.717, 1.165) is 32.1 Å². The summed E-state index contributed by atoms with van der Waals surface area (Å²) in [5.41, 5.74) is 0. The van der Waals surface area contributed by atoms with Gasteiger partial charge in [0.15, 0.2) is 0 Å². The molecule has 2 aromatic heterocycles. The van der Waals surface area contributed by atoms with Crippen molar-refractivity contribution in [3.8, 4) is 0 Å². The molecule has 1 aliphatic heterocycles. The van der Waals surface area contributed by atoms with E-state index in [1.54, 1.807) is 0 Å². The number of fused-ring (bicyclic) bond motifs is 1. The Kier molecular flexibility index (Phi) is 3.72. The minimum absolute atomic E-state index is 0.344. The summed E-state index contributed by atoms with van der Waals surface area (Å²) in [6.45, 7) is 3.76. The quantitative estimate of drug-likeness (QED) is 0.854. The van der Waals surface area contributed by atoms with E-state index in [9.17, 15) is 0 Å². The third kappa shape index (κ3) is 2.57. The van der Waals surface area contributed by atoms with Crippen molar-refractivity contribution in [2.75, 3.05) is 13.2 Å². The molecule has 2 fully saturated rings. The van der Waals surface area contributed by atoms with E-state index >= 15 is 0 Å². The van der Waals surface area contributed by atoms with Gasteiger partial charge in [-0.2, -0.15) is 0 Å². The van der Waals surface area contributed by atoms with Crippen LogP contribution in [0, 0.1) is 5.92 Å². The summed E-state index contributed by atoms with van der Waals surface area (Å²) >= 11 is 0. The van der Waals surface area contributed by atoms with Crippen LogP contribution in [-0.2, 0) is 24.9 Å². The van der Waals surface area contributed by atoms with E-state index in [0.29, 0.717) is 18.1 Å². The second-order valence-electron chi connectivity index (χ2n) is 6.42. The number of aryl methyl sites for hydroxylation is 1. The molecule has 1 aliphatic carbocycles. The summed E-state index contributed by atoms with van der Waals surface area (Å²) in [5, 5.41) is 0. The molecule has 1 saturated carbocycles. The Morgan fingerprint density at radius 3 is 3.00 bits per heavy atom. The average Bonchev–Trinajstić information content (AvgIpc) is 3.24. The van der Waals surface area contributed by atoms with Gasteiger partial charge in [-0.05, 0) is 12.8 Å². The van der Waals surface area contributed by atoms with Crippen LogP contribution in [0.15, 0.2) is 31.1 Å². The van der Waals surface area contributed by atoms with Gasteiger partial charge in [-0.1, -0.05) is 0 Å². The number of imidazole rings is 2. The molecule has 118 valence electrons. The van der Waals surface area contributed by atoms with Gasteiger partial charge in [-0.3, -0.25) is 4.90 Å². The van der Waals surface area contributed by atoms with Crippen LogP contribution in [0.2, 0.25) is 0 Å². The SMILES string of the molecule is Cn1ccnc1CN1CCO[C@@H]2[C@H](Cn3ccnc3)CC[C@H]21. The molecule has 0 N–H and O–H groups in total. The topological polar surface area (TPSA) is 48.1 Å². The van der Waals surface area contributed by atoms with Crippen molar-refractivity contribution in [2.45, 2.75) is 38.1 Å². The molecule has 0 unspecified atom stereocenters. The Balaban J connectivity index is 1.45. The highest BCUT2D eigenvalue weighted by atomic mass is 16.5. The normalized spacial score (nSPS) is 28.9. The van der Waals surface area contributed by atoms with E-state index in [4.69, 9.17) is 4.74 Å². The molecule has 3 heterocycles. The third-order valence-corrected chi connectivity index (χ3v) is 5.10. The smallest absolute Gasteiger partial charge is 0.122 e. The van der Waals surface area contributed by atoms with Gasteiger partial charge in [0.25, 0.3) is 0 Å². The number of morpholine rings is 1. The second-order valence-corrected chi connectivity index (χ2v) is 6.42. The summed E-state index contributed by atoms with van der Waals surface area (Å²) in [7, 11) is 2.07. The zero-order valence-electron chi connectivity index (χ0n) is 13.0. The predicted octanol–water partition coefficient (Wildman–Crippen LogP) is 1.30. The molecule has 3 atom stereocenters. The molecular weight excluding hydrogens is 278 g/mol. The van der Waals surface area contributed by atoms with Crippen molar-refractivity contribution >= 4 is 0 Å². The number of rotatable bonds is 4. The van der Waals surface area contributed by atoms with Gasteiger partial charge < -0.3 is 13.9 Å². The molecular formula is C16H23N5O. The summed E-state index contributed by atoms with van der Waals surface area (Å²) in [4.78, 5) is 11.2.